The lowest BCUT2D eigenvalue weighted by Gasteiger charge is -2.30. The van der Waals surface area contributed by atoms with Crippen LogP contribution in [0.3, 0.4) is 0 Å². The highest BCUT2D eigenvalue weighted by molar-refractivity contribution is 7.89. The molecule has 1 aliphatic heterocycles. The molecule has 0 spiro atoms. The van der Waals surface area contributed by atoms with Crippen molar-refractivity contribution in [2.45, 2.75) is 17.7 Å². The van der Waals surface area contributed by atoms with Gasteiger partial charge in [-0.1, -0.05) is 0 Å². The van der Waals surface area contributed by atoms with Crippen molar-refractivity contribution in [2.24, 2.45) is 11.7 Å². The van der Waals surface area contributed by atoms with Gasteiger partial charge in [0.25, 0.3) is 0 Å². The van der Waals surface area contributed by atoms with Crippen LogP contribution >= 0.6 is 0 Å². The first-order valence-corrected chi connectivity index (χ1v) is 7.19. The fraction of sp³-hybridized carbons (Fsp3) is 0.545. The summed E-state index contributed by atoms with van der Waals surface area (Å²) in [6, 6.07) is 3.22. The second-order valence-corrected chi connectivity index (χ2v) is 6.21. The first kappa shape index (κ1) is 12.5. The number of hydrogen-bond acceptors (Lipinski definition) is 4. The molecule has 2 rings (SSSR count). The third kappa shape index (κ3) is 2.65. The molecule has 5 nitrogen and oxygen atoms in total. The normalized spacial score (nSPS) is 19.4. The summed E-state index contributed by atoms with van der Waals surface area (Å²) in [5, 5.41) is 0. The Morgan fingerprint density at radius 3 is 2.65 bits per heavy atom. The number of piperidine rings is 1. The Kier molecular flexibility index (Phi) is 3.76. The van der Waals surface area contributed by atoms with Gasteiger partial charge in [-0.3, -0.25) is 4.98 Å². The van der Waals surface area contributed by atoms with Gasteiger partial charge in [0.2, 0.25) is 10.0 Å². The van der Waals surface area contributed by atoms with E-state index in [-0.39, 0.29) is 4.90 Å². The van der Waals surface area contributed by atoms with Crippen LogP contribution < -0.4 is 5.73 Å². The average Bonchev–Trinajstić information content (AvgIpc) is 2.40. The van der Waals surface area contributed by atoms with Crippen molar-refractivity contribution in [2.75, 3.05) is 19.6 Å². The van der Waals surface area contributed by atoms with Crippen LogP contribution in [0.2, 0.25) is 0 Å². The fourth-order valence-electron chi connectivity index (χ4n) is 2.03. The smallest absolute Gasteiger partial charge is 0.244 e. The molecular formula is C11H17N3O2S. The SMILES string of the molecule is NCC1CCN(S(=O)(=O)c2cccnc2)CC1. The molecule has 0 aliphatic carbocycles. The standard InChI is InChI=1S/C11H17N3O2S/c12-8-10-3-6-14(7-4-10)17(15,16)11-2-1-5-13-9-11/h1-2,5,9-10H,3-4,6-8,12H2. The zero-order chi connectivity index (χ0) is 12.3. The van der Waals surface area contributed by atoms with Crippen LogP contribution in [0.5, 0.6) is 0 Å². The van der Waals surface area contributed by atoms with Gasteiger partial charge in [-0.15, -0.1) is 0 Å². The van der Waals surface area contributed by atoms with E-state index in [9.17, 15) is 8.42 Å². The van der Waals surface area contributed by atoms with E-state index in [1.54, 1.807) is 18.3 Å². The van der Waals surface area contributed by atoms with Crippen LogP contribution in [0, 0.1) is 5.92 Å². The number of aromatic nitrogens is 1. The third-order valence-corrected chi connectivity index (χ3v) is 5.06. The Morgan fingerprint density at radius 1 is 1.41 bits per heavy atom. The van der Waals surface area contributed by atoms with Crippen molar-refractivity contribution in [1.82, 2.24) is 9.29 Å². The van der Waals surface area contributed by atoms with E-state index in [1.807, 2.05) is 0 Å². The number of rotatable bonds is 3. The number of hydrogen-bond donors (Lipinski definition) is 1. The molecule has 2 heterocycles. The van der Waals surface area contributed by atoms with Gasteiger partial charge < -0.3 is 5.73 Å². The van der Waals surface area contributed by atoms with Gasteiger partial charge in [0.1, 0.15) is 4.90 Å². The van der Waals surface area contributed by atoms with Crippen molar-refractivity contribution in [3.8, 4) is 0 Å². The Morgan fingerprint density at radius 2 is 2.12 bits per heavy atom. The third-order valence-electron chi connectivity index (χ3n) is 3.18. The molecule has 1 saturated heterocycles. The van der Waals surface area contributed by atoms with Gasteiger partial charge in [0.15, 0.2) is 0 Å². The van der Waals surface area contributed by atoms with Gasteiger partial charge in [0.05, 0.1) is 0 Å². The molecule has 94 valence electrons. The van der Waals surface area contributed by atoms with Gasteiger partial charge in [-0.05, 0) is 37.4 Å². The van der Waals surface area contributed by atoms with Gasteiger partial charge in [-0.25, -0.2) is 8.42 Å². The molecule has 1 aromatic rings. The molecule has 0 amide bonds. The Balaban J connectivity index is 2.13. The summed E-state index contributed by atoms with van der Waals surface area (Å²) in [6.45, 7) is 1.75. The second-order valence-electron chi connectivity index (χ2n) is 4.27. The minimum atomic E-state index is -3.36. The summed E-state index contributed by atoms with van der Waals surface area (Å²) in [4.78, 5) is 4.12. The molecule has 1 aliphatic rings. The maximum absolute atomic E-state index is 12.2. The molecule has 0 aromatic carbocycles. The van der Waals surface area contributed by atoms with E-state index in [4.69, 9.17) is 5.73 Å². The van der Waals surface area contributed by atoms with Crippen LogP contribution in [0.25, 0.3) is 0 Å². The van der Waals surface area contributed by atoms with Gasteiger partial charge in [-0.2, -0.15) is 4.31 Å². The number of pyridine rings is 1. The fourth-order valence-corrected chi connectivity index (χ4v) is 3.47. The first-order chi connectivity index (χ1) is 8.14. The monoisotopic (exact) mass is 255 g/mol. The minimum Gasteiger partial charge on any atom is -0.330 e. The van der Waals surface area contributed by atoms with E-state index in [0.29, 0.717) is 25.6 Å². The molecule has 1 fully saturated rings. The molecule has 0 saturated carbocycles. The van der Waals surface area contributed by atoms with Crippen molar-refractivity contribution < 1.29 is 8.42 Å². The van der Waals surface area contributed by atoms with Gasteiger partial charge >= 0.3 is 0 Å². The Labute approximate surface area is 102 Å². The number of sulfonamides is 1. The van der Waals surface area contributed by atoms with Crippen molar-refractivity contribution in [1.29, 1.82) is 0 Å². The number of nitrogens with two attached hydrogens (primary N) is 1. The summed E-state index contributed by atoms with van der Waals surface area (Å²) in [5.74, 6) is 0.454. The van der Waals surface area contributed by atoms with Gasteiger partial charge in [0, 0.05) is 25.5 Å². The molecule has 0 atom stereocenters. The highest BCUT2D eigenvalue weighted by atomic mass is 32.2. The summed E-state index contributed by atoms with van der Waals surface area (Å²) >= 11 is 0. The van der Waals surface area contributed by atoms with Crippen LogP contribution in [0.1, 0.15) is 12.8 Å². The molecule has 1 aromatic heterocycles. The molecule has 2 N–H and O–H groups in total. The topological polar surface area (TPSA) is 76.3 Å². The average molecular weight is 255 g/mol. The van der Waals surface area contributed by atoms with E-state index in [0.717, 1.165) is 12.8 Å². The highest BCUT2D eigenvalue weighted by Gasteiger charge is 2.28. The van der Waals surface area contributed by atoms with Crippen molar-refractivity contribution >= 4 is 10.0 Å². The maximum atomic E-state index is 12.2. The summed E-state index contributed by atoms with van der Waals surface area (Å²) in [5.41, 5.74) is 5.59. The van der Waals surface area contributed by atoms with E-state index >= 15 is 0 Å². The predicted octanol–water partition coefficient (Wildman–Crippen LogP) is 0.441. The maximum Gasteiger partial charge on any atom is 0.244 e. The molecule has 0 bridgehead atoms. The van der Waals surface area contributed by atoms with E-state index in [1.165, 1.54) is 10.5 Å². The zero-order valence-corrected chi connectivity index (χ0v) is 10.4. The van der Waals surface area contributed by atoms with Crippen molar-refractivity contribution in [3.05, 3.63) is 24.5 Å². The molecule has 0 radical (unpaired) electrons. The second kappa shape index (κ2) is 5.12. The Hall–Kier alpha value is -0.980. The highest BCUT2D eigenvalue weighted by Crippen LogP contribution is 2.22. The van der Waals surface area contributed by atoms with E-state index in [2.05, 4.69) is 4.98 Å². The molecule has 17 heavy (non-hydrogen) atoms. The first-order valence-electron chi connectivity index (χ1n) is 5.75. The summed E-state index contributed by atoms with van der Waals surface area (Å²) < 4.78 is 26.0. The van der Waals surface area contributed by atoms with Crippen LogP contribution in [-0.2, 0) is 10.0 Å². The summed E-state index contributed by atoms with van der Waals surface area (Å²) in [6.07, 6.45) is 4.65. The number of nitrogens with zero attached hydrogens (tertiary/aromatic N) is 2. The quantitative estimate of drug-likeness (QED) is 0.850. The Bertz CT molecular complexity index is 453. The van der Waals surface area contributed by atoms with Crippen molar-refractivity contribution in [3.63, 3.8) is 0 Å². The lowest BCUT2D eigenvalue weighted by atomic mass is 9.99. The van der Waals surface area contributed by atoms with Crippen LogP contribution in [-0.4, -0.2) is 37.3 Å². The summed E-state index contributed by atoms with van der Waals surface area (Å²) in [7, 11) is -3.36. The largest absolute Gasteiger partial charge is 0.330 e. The molecular weight excluding hydrogens is 238 g/mol. The zero-order valence-electron chi connectivity index (χ0n) is 9.62. The predicted molar refractivity (Wildman–Crippen MR) is 64.8 cm³/mol. The van der Waals surface area contributed by atoms with Crippen LogP contribution in [0.15, 0.2) is 29.4 Å². The van der Waals surface area contributed by atoms with Crippen LogP contribution in [0.4, 0.5) is 0 Å². The minimum absolute atomic E-state index is 0.270. The lowest BCUT2D eigenvalue weighted by Crippen LogP contribution is -2.40. The molecule has 6 heteroatoms. The molecule has 0 unspecified atom stereocenters. The van der Waals surface area contributed by atoms with E-state index < -0.39 is 10.0 Å². The lowest BCUT2D eigenvalue weighted by molar-refractivity contribution is 0.278.